The third-order valence-corrected chi connectivity index (χ3v) is 7.92. The largest absolute Gasteiger partial charge is 0.378 e. The van der Waals surface area contributed by atoms with E-state index in [-0.39, 0.29) is 11.7 Å². The summed E-state index contributed by atoms with van der Waals surface area (Å²) in [5.74, 6) is -0.322. The second-order valence-electron chi connectivity index (χ2n) is 9.31. The summed E-state index contributed by atoms with van der Waals surface area (Å²) in [6.45, 7) is 3.65. The maximum absolute atomic E-state index is 14.3. The molecule has 38 heavy (non-hydrogen) atoms. The molecule has 0 unspecified atom stereocenters. The molecule has 0 bridgehead atoms. The minimum absolute atomic E-state index is 0.0929. The van der Waals surface area contributed by atoms with Crippen molar-refractivity contribution in [3.8, 4) is 0 Å². The number of likely N-dealkylation sites (N-methyl/N-ethyl adjacent to an activating group) is 1. The van der Waals surface area contributed by atoms with Crippen LogP contribution in [0.15, 0.2) is 88.9 Å². The highest BCUT2D eigenvalue weighted by Gasteiger charge is 2.30. The van der Waals surface area contributed by atoms with Gasteiger partial charge in [0.25, 0.3) is 5.91 Å². The van der Waals surface area contributed by atoms with E-state index in [1.54, 1.807) is 24.1 Å². The summed E-state index contributed by atoms with van der Waals surface area (Å²) >= 11 is 1.36. The first-order chi connectivity index (χ1) is 18.6. The maximum Gasteiger partial charge on any atom is 0.266 e. The molecule has 6 rings (SSSR count). The van der Waals surface area contributed by atoms with Crippen molar-refractivity contribution >= 4 is 51.2 Å². The smallest absolute Gasteiger partial charge is 0.266 e. The zero-order chi connectivity index (χ0) is 26.1. The summed E-state index contributed by atoms with van der Waals surface area (Å²) in [7, 11) is 1.75. The lowest BCUT2D eigenvalue weighted by atomic mass is 10.1. The normalized spacial score (nSPS) is 18.3. The predicted molar refractivity (Wildman–Crippen MR) is 152 cm³/mol. The number of fused-ring (bicyclic) bond motifs is 1. The minimum Gasteiger partial charge on any atom is -0.378 e. The first-order valence-corrected chi connectivity index (χ1v) is 13.4. The number of aromatic nitrogens is 1. The highest BCUT2D eigenvalue weighted by molar-refractivity contribution is 8.18. The van der Waals surface area contributed by atoms with Crippen LogP contribution >= 0.6 is 11.8 Å². The highest BCUT2D eigenvalue weighted by Crippen LogP contribution is 2.35. The Hall–Kier alpha value is -3.88. The molecule has 3 heterocycles. The van der Waals surface area contributed by atoms with Crippen LogP contribution in [0.5, 0.6) is 0 Å². The Morgan fingerprint density at radius 1 is 1.00 bits per heavy atom. The summed E-state index contributed by atoms with van der Waals surface area (Å²) in [4.78, 5) is 22.4. The van der Waals surface area contributed by atoms with Crippen LogP contribution in [0.1, 0.15) is 11.1 Å². The highest BCUT2D eigenvalue weighted by atomic mass is 32.2. The van der Waals surface area contributed by atoms with Crippen LogP contribution in [-0.2, 0) is 16.1 Å². The number of para-hydroxylation sites is 1. The third kappa shape index (κ3) is 4.85. The number of rotatable bonds is 5. The van der Waals surface area contributed by atoms with Crippen molar-refractivity contribution in [3.05, 3.63) is 101 Å². The van der Waals surface area contributed by atoms with E-state index in [0.29, 0.717) is 22.2 Å². The van der Waals surface area contributed by atoms with Gasteiger partial charge in [0, 0.05) is 54.1 Å². The predicted octanol–water partition coefficient (Wildman–Crippen LogP) is 5.90. The second-order valence-corrected chi connectivity index (χ2v) is 10.3. The van der Waals surface area contributed by atoms with E-state index in [0.717, 1.165) is 54.1 Å². The third-order valence-electron chi connectivity index (χ3n) is 6.86. The van der Waals surface area contributed by atoms with Crippen molar-refractivity contribution in [2.24, 2.45) is 4.99 Å². The number of carbonyl (C=O) groups excluding carboxylic acids is 1. The molecule has 2 fully saturated rings. The Morgan fingerprint density at radius 3 is 2.53 bits per heavy atom. The van der Waals surface area contributed by atoms with Crippen molar-refractivity contribution < 1.29 is 13.9 Å². The van der Waals surface area contributed by atoms with Gasteiger partial charge >= 0.3 is 0 Å². The number of nitrogens with zero attached hydrogens (tertiary/aromatic N) is 4. The van der Waals surface area contributed by atoms with Gasteiger partial charge in [-0.1, -0.05) is 36.4 Å². The van der Waals surface area contributed by atoms with Crippen molar-refractivity contribution in [1.29, 1.82) is 0 Å². The molecule has 0 atom stereocenters. The standard InChI is InChI=1S/C30H27FN4O2S/c1-33-29(36)28(38-30(33)32-23-10-12-24(13-11-23)34-14-16-37-17-15-34)18-22-20-35(27-9-5-3-7-25(22)27)19-21-6-2-4-8-26(21)31/h2-13,18,20H,14-17,19H2,1H3. The lowest BCUT2D eigenvalue weighted by Crippen LogP contribution is -2.36. The molecule has 0 spiro atoms. The van der Waals surface area contributed by atoms with Gasteiger partial charge in [-0.3, -0.25) is 9.69 Å². The average Bonchev–Trinajstić information content (AvgIpc) is 3.43. The van der Waals surface area contributed by atoms with Crippen LogP contribution in [0.2, 0.25) is 0 Å². The molecule has 0 radical (unpaired) electrons. The summed E-state index contributed by atoms with van der Waals surface area (Å²) in [6, 6.07) is 22.9. The molecule has 1 aromatic heterocycles. The summed E-state index contributed by atoms with van der Waals surface area (Å²) in [5.41, 5.74) is 4.46. The number of anilines is 1. The van der Waals surface area contributed by atoms with Crippen LogP contribution in [0.4, 0.5) is 15.8 Å². The Balaban J connectivity index is 1.27. The monoisotopic (exact) mass is 526 g/mol. The molecule has 2 aliphatic rings. The molecule has 8 heteroatoms. The van der Waals surface area contributed by atoms with Gasteiger partial charge in [0.1, 0.15) is 5.82 Å². The van der Waals surface area contributed by atoms with Crippen LogP contribution in [0.3, 0.4) is 0 Å². The van der Waals surface area contributed by atoms with E-state index in [1.807, 2.05) is 59.3 Å². The van der Waals surface area contributed by atoms with Crippen LogP contribution in [0, 0.1) is 5.82 Å². The summed E-state index contributed by atoms with van der Waals surface area (Å²) < 4.78 is 21.8. The Kier molecular flexibility index (Phi) is 6.74. The molecule has 2 aliphatic heterocycles. The number of ether oxygens (including phenoxy) is 1. The number of aliphatic imine (C=N–C) groups is 1. The van der Waals surface area contributed by atoms with Gasteiger partial charge in [-0.2, -0.15) is 0 Å². The molecule has 0 aliphatic carbocycles. The first-order valence-electron chi connectivity index (χ1n) is 12.6. The molecule has 192 valence electrons. The fourth-order valence-electron chi connectivity index (χ4n) is 4.79. The van der Waals surface area contributed by atoms with Crippen molar-refractivity contribution in [3.63, 3.8) is 0 Å². The van der Waals surface area contributed by atoms with Gasteiger partial charge in [-0.15, -0.1) is 0 Å². The topological polar surface area (TPSA) is 50.1 Å². The van der Waals surface area contributed by atoms with Crippen molar-refractivity contribution in [1.82, 2.24) is 9.47 Å². The van der Waals surface area contributed by atoms with E-state index in [2.05, 4.69) is 17.0 Å². The number of halogens is 1. The van der Waals surface area contributed by atoms with E-state index in [9.17, 15) is 9.18 Å². The molecule has 3 aromatic carbocycles. The van der Waals surface area contributed by atoms with Crippen LogP contribution in [0.25, 0.3) is 17.0 Å². The van der Waals surface area contributed by atoms with Crippen LogP contribution < -0.4 is 4.90 Å². The van der Waals surface area contributed by atoms with Crippen LogP contribution in [-0.4, -0.2) is 53.9 Å². The number of thioether (sulfide) groups is 1. The zero-order valence-corrected chi connectivity index (χ0v) is 21.8. The summed E-state index contributed by atoms with van der Waals surface area (Å²) in [6.07, 6.45) is 3.89. The maximum atomic E-state index is 14.3. The van der Waals surface area contributed by atoms with Gasteiger partial charge < -0.3 is 14.2 Å². The number of hydrogen-bond donors (Lipinski definition) is 0. The Bertz CT molecular complexity index is 1550. The molecule has 0 N–H and O–H groups in total. The molecule has 4 aromatic rings. The number of amides is 1. The number of morpholine rings is 1. The molecule has 6 nitrogen and oxygen atoms in total. The van der Waals surface area contributed by atoms with Gasteiger partial charge in [-0.25, -0.2) is 9.38 Å². The summed E-state index contributed by atoms with van der Waals surface area (Å²) in [5, 5.41) is 1.65. The molecule has 1 amide bonds. The molecule has 0 saturated carbocycles. The lowest BCUT2D eigenvalue weighted by molar-refractivity contribution is -0.121. The van der Waals surface area contributed by atoms with Gasteiger partial charge in [-0.05, 0) is 54.2 Å². The lowest BCUT2D eigenvalue weighted by Gasteiger charge is -2.28. The molecule has 2 saturated heterocycles. The molecular formula is C30H27FN4O2S. The van der Waals surface area contributed by atoms with E-state index >= 15 is 0 Å². The quantitative estimate of drug-likeness (QED) is 0.304. The second kappa shape index (κ2) is 10.5. The zero-order valence-electron chi connectivity index (χ0n) is 21.0. The minimum atomic E-state index is -0.229. The number of hydrogen-bond acceptors (Lipinski definition) is 5. The SMILES string of the molecule is CN1C(=O)C(=Cc2cn(Cc3ccccc3F)c3ccccc23)SC1=Nc1ccc(N2CCOCC2)cc1. The molecular weight excluding hydrogens is 499 g/mol. The number of amidine groups is 1. The van der Waals surface area contributed by atoms with Crippen molar-refractivity contribution in [2.45, 2.75) is 6.54 Å². The average molecular weight is 527 g/mol. The van der Waals surface area contributed by atoms with Crippen molar-refractivity contribution in [2.75, 3.05) is 38.3 Å². The van der Waals surface area contributed by atoms with Gasteiger partial charge in [0.15, 0.2) is 5.17 Å². The number of carbonyl (C=O) groups is 1. The van der Waals surface area contributed by atoms with E-state index in [4.69, 9.17) is 9.73 Å². The Labute approximate surface area is 225 Å². The first kappa shape index (κ1) is 24.5. The van der Waals surface area contributed by atoms with E-state index in [1.165, 1.54) is 17.8 Å². The Morgan fingerprint density at radius 2 is 1.74 bits per heavy atom. The number of benzene rings is 3. The van der Waals surface area contributed by atoms with Gasteiger partial charge in [0.05, 0.1) is 30.4 Å². The fraction of sp³-hybridized carbons (Fsp3) is 0.200. The fourth-order valence-corrected chi connectivity index (χ4v) is 5.77. The van der Waals surface area contributed by atoms with Gasteiger partial charge in [0.2, 0.25) is 0 Å². The van der Waals surface area contributed by atoms with E-state index < -0.39 is 0 Å².